The summed E-state index contributed by atoms with van der Waals surface area (Å²) < 4.78 is 2.09. The second kappa shape index (κ2) is 4.45. The van der Waals surface area contributed by atoms with Gasteiger partial charge in [-0.2, -0.15) is 0 Å². The molecule has 0 aromatic carbocycles. The molecule has 0 aliphatic heterocycles. The first-order valence-electron chi connectivity index (χ1n) is 5.36. The fourth-order valence-corrected chi connectivity index (χ4v) is 1.76. The van der Waals surface area contributed by atoms with Gasteiger partial charge in [-0.1, -0.05) is 0 Å². The summed E-state index contributed by atoms with van der Waals surface area (Å²) in [6.07, 6.45) is 4.41. The van der Waals surface area contributed by atoms with E-state index in [1.807, 2.05) is 25.4 Å². The maximum Gasteiger partial charge on any atom is 0.141 e. The zero-order valence-electron chi connectivity index (χ0n) is 9.64. The summed E-state index contributed by atoms with van der Waals surface area (Å²) in [7, 11) is 2.02. The van der Waals surface area contributed by atoms with Gasteiger partial charge < -0.3 is 10.3 Å². The van der Waals surface area contributed by atoms with Crippen LogP contribution in [0.5, 0.6) is 0 Å². The van der Waals surface area contributed by atoms with Gasteiger partial charge in [0.25, 0.3) is 0 Å². The van der Waals surface area contributed by atoms with E-state index in [1.54, 1.807) is 6.20 Å². The van der Waals surface area contributed by atoms with Gasteiger partial charge in [0.1, 0.15) is 5.82 Å². The molecule has 0 bridgehead atoms. The van der Waals surface area contributed by atoms with Crippen LogP contribution in [0.1, 0.15) is 11.4 Å². The smallest absolute Gasteiger partial charge is 0.141 e. The minimum Gasteiger partial charge on any atom is -0.331 e. The Morgan fingerprint density at radius 3 is 2.88 bits per heavy atom. The Balaban J connectivity index is 2.46. The van der Waals surface area contributed by atoms with Crippen LogP contribution in [0.2, 0.25) is 0 Å². The van der Waals surface area contributed by atoms with Crippen LogP contribution in [-0.4, -0.2) is 21.1 Å². The predicted molar refractivity (Wildman–Crippen MR) is 63.9 cm³/mol. The molecule has 0 radical (unpaired) electrons. The van der Waals surface area contributed by atoms with Crippen molar-refractivity contribution >= 4 is 0 Å². The van der Waals surface area contributed by atoms with E-state index in [4.69, 9.17) is 5.73 Å². The van der Waals surface area contributed by atoms with Gasteiger partial charge in [-0.25, -0.2) is 4.98 Å². The summed E-state index contributed by atoms with van der Waals surface area (Å²) in [5, 5.41) is 0. The van der Waals surface area contributed by atoms with Crippen molar-refractivity contribution in [3.63, 3.8) is 0 Å². The number of rotatable bonds is 3. The number of pyridine rings is 1. The van der Waals surface area contributed by atoms with Crippen molar-refractivity contribution in [1.29, 1.82) is 0 Å². The lowest BCUT2D eigenvalue weighted by Gasteiger charge is -2.01. The Morgan fingerprint density at radius 1 is 1.44 bits per heavy atom. The standard InChI is InChI=1S/C12H16N4/c1-9-11(5-6-13)15-12(16(9)2)10-4-3-7-14-8-10/h3-4,7-8H,5-6,13H2,1-2H3. The number of imidazole rings is 1. The molecule has 0 unspecified atom stereocenters. The average molecular weight is 216 g/mol. The molecule has 0 spiro atoms. The number of aromatic nitrogens is 3. The van der Waals surface area contributed by atoms with Crippen LogP contribution in [0.4, 0.5) is 0 Å². The molecule has 0 amide bonds. The van der Waals surface area contributed by atoms with Gasteiger partial charge >= 0.3 is 0 Å². The zero-order valence-corrected chi connectivity index (χ0v) is 9.64. The third-order valence-corrected chi connectivity index (χ3v) is 2.78. The Morgan fingerprint density at radius 2 is 2.25 bits per heavy atom. The van der Waals surface area contributed by atoms with Crippen molar-refractivity contribution in [3.8, 4) is 11.4 Å². The molecule has 2 aromatic rings. The van der Waals surface area contributed by atoms with Gasteiger partial charge in [0.05, 0.1) is 5.69 Å². The maximum absolute atomic E-state index is 5.57. The normalized spacial score (nSPS) is 10.7. The van der Waals surface area contributed by atoms with Crippen LogP contribution in [0.3, 0.4) is 0 Å². The second-order valence-electron chi connectivity index (χ2n) is 3.81. The first-order valence-corrected chi connectivity index (χ1v) is 5.36. The van der Waals surface area contributed by atoms with E-state index in [1.165, 1.54) is 5.69 Å². The molecule has 2 aromatic heterocycles. The molecule has 4 heteroatoms. The molecular weight excluding hydrogens is 200 g/mol. The second-order valence-corrected chi connectivity index (χ2v) is 3.81. The van der Waals surface area contributed by atoms with E-state index in [-0.39, 0.29) is 0 Å². The summed E-state index contributed by atoms with van der Waals surface area (Å²) >= 11 is 0. The molecular formula is C12H16N4. The Bertz CT molecular complexity index is 473. The topological polar surface area (TPSA) is 56.7 Å². The van der Waals surface area contributed by atoms with Gasteiger partial charge in [-0.3, -0.25) is 4.98 Å². The van der Waals surface area contributed by atoms with Crippen molar-refractivity contribution in [3.05, 3.63) is 35.9 Å². The highest BCUT2D eigenvalue weighted by Gasteiger charge is 2.11. The fraction of sp³-hybridized carbons (Fsp3) is 0.333. The highest BCUT2D eigenvalue weighted by molar-refractivity contribution is 5.55. The van der Waals surface area contributed by atoms with Crippen molar-refractivity contribution in [2.45, 2.75) is 13.3 Å². The summed E-state index contributed by atoms with van der Waals surface area (Å²) in [4.78, 5) is 8.72. The van der Waals surface area contributed by atoms with Gasteiger partial charge in [-0.15, -0.1) is 0 Å². The predicted octanol–water partition coefficient (Wildman–Crippen LogP) is 1.29. The van der Waals surface area contributed by atoms with E-state index in [9.17, 15) is 0 Å². The minimum absolute atomic E-state index is 0.629. The Hall–Kier alpha value is -1.68. The van der Waals surface area contributed by atoms with E-state index in [0.29, 0.717) is 6.54 Å². The molecule has 0 saturated heterocycles. The summed E-state index contributed by atoms with van der Waals surface area (Å²) in [6, 6.07) is 3.93. The molecule has 0 aliphatic carbocycles. The Labute approximate surface area is 95.1 Å². The SMILES string of the molecule is Cc1c(CCN)nc(-c2cccnc2)n1C. The quantitative estimate of drug-likeness (QED) is 0.841. The lowest BCUT2D eigenvalue weighted by Crippen LogP contribution is -2.04. The lowest BCUT2D eigenvalue weighted by atomic mass is 10.2. The molecule has 2 heterocycles. The zero-order chi connectivity index (χ0) is 11.5. The monoisotopic (exact) mass is 216 g/mol. The average Bonchev–Trinajstić information content (AvgIpc) is 2.59. The molecule has 0 fully saturated rings. The molecule has 0 atom stereocenters. The summed E-state index contributed by atoms with van der Waals surface area (Å²) in [5.41, 5.74) is 8.85. The molecule has 16 heavy (non-hydrogen) atoms. The molecule has 0 saturated carbocycles. The van der Waals surface area contributed by atoms with Crippen LogP contribution in [0, 0.1) is 6.92 Å². The highest BCUT2D eigenvalue weighted by Crippen LogP contribution is 2.20. The van der Waals surface area contributed by atoms with Crippen LogP contribution in [0.25, 0.3) is 11.4 Å². The molecule has 0 aliphatic rings. The van der Waals surface area contributed by atoms with E-state index >= 15 is 0 Å². The molecule has 4 nitrogen and oxygen atoms in total. The number of nitrogens with zero attached hydrogens (tertiary/aromatic N) is 3. The van der Waals surface area contributed by atoms with Crippen LogP contribution in [0.15, 0.2) is 24.5 Å². The number of nitrogens with two attached hydrogens (primary N) is 1. The van der Waals surface area contributed by atoms with E-state index in [0.717, 1.165) is 23.5 Å². The molecule has 2 N–H and O–H groups in total. The lowest BCUT2D eigenvalue weighted by molar-refractivity contribution is 0.865. The van der Waals surface area contributed by atoms with E-state index < -0.39 is 0 Å². The van der Waals surface area contributed by atoms with Gasteiger partial charge in [0.2, 0.25) is 0 Å². The van der Waals surface area contributed by atoms with Crippen molar-refractivity contribution in [2.75, 3.05) is 6.54 Å². The van der Waals surface area contributed by atoms with Crippen LogP contribution < -0.4 is 5.73 Å². The van der Waals surface area contributed by atoms with Crippen LogP contribution >= 0.6 is 0 Å². The van der Waals surface area contributed by atoms with Gasteiger partial charge in [-0.05, 0) is 25.6 Å². The summed E-state index contributed by atoms with van der Waals surface area (Å²) in [5.74, 6) is 0.953. The van der Waals surface area contributed by atoms with Gasteiger partial charge in [0, 0.05) is 37.1 Å². The van der Waals surface area contributed by atoms with Crippen molar-refractivity contribution in [2.24, 2.45) is 12.8 Å². The van der Waals surface area contributed by atoms with Crippen molar-refractivity contribution in [1.82, 2.24) is 14.5 Å². The number of hydrogen-bond acceptors (Lipinski definition) is 3. The molecule has 84 valence electrons. The van der Waals surface area contributed by atoms with Gasteiger partial charge in [0.15, 0.2) is 0 Å². The maximum atomic E-state index is 5.57. The third kappa shape index (κ3) is 1.84. The third-order valence-electron chi connectivity index (χ3n) is 2.78. The van der Waals surface area contributed by atoms with E-state index in [2.05, 4.69) is 21.5 Å². The fourth-order valence-electron chi connectivity index (χ4n) is 1.76. The minimum atomic E-state index is 0.629. The Kier molecular flexibility index (Phi) is 3.01. The molecule has 2 rings (SSSR count). The summed E-state index contributed by atoms with van der Waals surface area (Å²) in [6.45, 7) is 2.70. The van der Waals surface area contributed by atoms with Crippen LogP contribution in [-0.2, 0) is 13.5 Å². The number of hydrogen-bond donors (Lipinski definition) is 1. The van der Waals surface area contributed by atoms with Crippen molar-refractivity contribution < 1.29 is 0 Å². The largest absolute Gasteiger partial charge is 0.331 e. The highest BCUT2D eigenvalue weighted by atomic mass is 15.1. The first-order chi connectivity index (χ1) is 7.74. The first kappa shape index (κ1) is 10.8.